The molecule has 0 saturated heterocycles. The average Bonchev–Trinajstić information content (AvgIpc) is 2.47. The minimum Gasteiger partial charge on any atom is -0.399 e. The Bertz CT molecular complexity index is 412. The zero-order valence-corrected chi connectivity index (χ0v) is 7.90. The number of nitrogens with zero attached hydrogens (tertiary/aromatic N) is 2. The lowest BCUT2D eigenvalue weighted by atomic mass is 10.1. The predicted octanol–water partition coefficient (Wildman–Crippen LogP) is 0.835. The van der Waals surface area contributed by atoms with Crippen molar-refractivity contribution in [1.82, 2.24) is 5.01 Å². The molecule has 4 nitrogen and oxygen atoms in total. The molecule has 0 saturated carbocycles. The number of amides is 1. The Morgan fingerprint density at radius 1 is 1.50 bits per heavy atom. The van der Waals surface area contributed by atoms with Crippen molar-refractivity contribution >= 4 is 17.3 Å². The highest BCUT2D eigenvalue weighted by Gasteiger charge is 2.21. The molecule has 2 N–H and O–H groups in total. The zero-order valence-electron chi connectivity index (χ0n) is 7.90. The number of nitrogen functional groups attached to an aromatic ring is 1. The van der Waals surface area contributed by atoms with E-state index in [4.69, 9.17) is 5.73 Å². The van der Waals surface area contributed by atoms with E-state index in [0.717, 1.165) is 11.3 Å². The van der Waals surface area contributed by atoms with Crippen LogP contribution in [0.15, 0.2) is 29.4 Å². The summed E-state index contributed by atoms with van der Waals surface area (Å²) in [5, 5.41) is 5.49. The topological polar surface area (TPSA) is 58.7 Å². The summed E-state index contributed by atoms with van der Waals surface area (Å²) in [7, 11) is 1.65. The van der Waals surface area contributed by atoms with E-state index in [-0.39, 0.29) is 5.91 Å². The normalized spacial score (nSPS) is 15.9. The Morgan fingerprint density at radius 3 is 2.86 bits per heavy atom. The van der Waals surface area contributed by atoms with E-state index < -0.39 is 0 Å². The van der Waals surface area contributed by atoms with Crippen LogP contribution in [-0.2, 0) is 4.79 Å². The molecule has 1 aliphatic heterocycles. The molecule has 2 rings (SSSR count). The van der Waals surface area contributed by atoms with Crippen LogP contribution in [0.4, 0.5) is 5.69 Å². The quantitative estimate of drug-likeness (QED) is 0.665. The first kappa shape index (κ1) is 8.74. The molecule has 0 fully saturated rings. The lowest BCUT2D eigenvalue weighted by molar-refractivity contribution is -0.127. The maximum absolute atomic E-state index is 11.2. The van der Waals surface area contributed by atoms with Crippen LogP contribution in [0.2, 0.25) is 0 Å². The smallest absolute Gasteiger partial charge is 0.248 e. The highest BCUT2D eigenvalue weighted by molar-refractivity contribution is 6.13. The summed E-state index contributed by atoms with van der Waals surface area (Å²) in [6.07, 6.45) is 0.361. The van der Waals surface area contributed by atoms with Gasteiger partial charge in [0.25, 0.3) is 0 Å². The van der Waals surface area contributed by atoms with Crippen molar-refractivity contribution in [3.8, 4) is 0 Å². The van der Waals surface area contributed by atoms with Gasteiger partial charge in [-0.1, -0.05) is 12.1 Å². The molecule has 0 spiro atoms. The van der Waals surface area contributed by atoms with E-state index in [9.17, 15) is 4.79 Å². The van der Waals surface area contributed by atoms with E-state index >= 15 is 0 Å². The van der Waals surface area contributed by atoms with Crippen molar-refractivity contribution in [2.45, 2.75) is 6.42 Å². The Morgan fingerprint density at radius 2 is 2.29 bits per heavy atom. The second-order valence-electron chi connectivity index (χ2n) is 3.27. The molecule has 1 heterocycles. The molecule has 0 bridgehead atoms. The second kappa shape index (κ2) is 3.14. The molecule has 72 valence electrons. The molecule has 0 unspecified atom stereocenters. The summed E-state index contributed by atoms with van der Waals surface area (Å²) in [5.74, 6) is 0.0161. The highest BCUT2D eigenvalue weighted by atomic mass is 16.2. The van der Waals surface area contributed by atoms with Gasteiger partial charge in [-0.25, -0.2) is 5.01 Å². The molecule has 1 aromatic carbocycles. The molecule has 1 aromatic rings. The Balaban J connectivity index is 2.33. The lowest BCUT2D eigenvalue weighted by Gasteiger charge is -2.00. The number of nitrogens with two attached hydrogens (primary N) is 1. The van der Waals surface area contributed by atoms with Gasteiger partial charge in [-0.3, -0.25) is 4.79 Å². The lowest BCUT2D eigenvalue weighted by Crippen LogP contribution is -2.14. The molecule has 0 atom stereocenters. The van der Waals surface area contributed by atoms with Crippen molar-refractivity contribution < 1.29 is 4.79 Å². The Labute approximate surface area is 82.0 Å². The van der Waals surface area contributed by atoms with Gasteiger partial charge in [-0.2, -0.15) is 5.10 Å². The van der Waals surface area contributed by atoms with Crippen LogP contribution in [0.5, 0.6) is 0 Å². The highest BCUT2D eigenvalue weighted by Crippen LogP contribution is 2.15. The zero-order chi connectivity index (χ0) is 10.1. The summed E-state index contributed by atoms with van der Waals surface area (Å²) in [4.78, 5) is 11.2. The van der Waals surface area contributed by atoms with Crippen molar-refractivity contribution in [3.63, 3.8) is 0 Å². The van der Waals surface area contributed by atoms with Crippen LogP contribution in [-0.4, -0.2) is 23.7 Å². The molecule has 0 aliphatic carbocycles. The van der Waals surface area contributed by atoms with Gasteiger partial charge in [0.05, 0.1) is 12.1 Å². The van der Waals surface area contributed by atoms with Gasteiger partial charge < -0.3 is 5.73 Å². The Hall–Kier alpha value is -1.84. The van der Waals surface area contributed by atoms with Crippen LogP contribution in [0.3, 0.4) is 0 Å². The third-order valence-electron chi connectivity index (χ3n) is 2.17. The fraction of sp³-hybridized carbons (Fsp3) is 0.200. The van der Waals surface area contributed by atoms with Crippen molar-refractivity contribution in [2.24, 2.45) is 5.10 Å². The van der Waals surface area contributed by atoms with Crippen LogP contribution < -0.4 is 5.73 Å². The summed E-state index contributed by atoms with van der Waals surface area (Å²) >= 11 is 0. The van der Waals surface area contributed by atoms with Gasteiger partial charge in [-0.15, -0.1) is 0 Å². The number of carbonyl (C=O) groups excluding carboxylic acids is 1. The third-order valence-corrected chi connectivity index (χ3v) is 2.17. The van der Waals surface area contributed by atoms with Crippen LogP contribution >= 0.6 is 0 Å². The van der Waals surface area contributed by atoms with E-state index in [0.29, 0.717) is 12.1 Å². The minimum absolute atomic E-state index is 0.0161. The molecule has 0 aromatic heterocycles. The van der Waals surface area contributed by atoms with Crippen LogP contribution in [0.25, 0.3) is 0 Å². The number of hydrazone groups is 1. The first-order valence-electron chi connectivity index (χ1n) is 4.37. The molecule has 0 radical (unpaired) electrons. The van der Waals surface area contributed by atoms with Gasteiger partial charge in [0.1, 0.15) is 0 Å². The summed E-state index contributed by atoms with van der Waals surface area (Å²) in [5.41, 5.74) is 8.03. The first-order chi connectivity index (χ1) is 6.66. The van der Waals surface area contributed by atoms with Gasteiger partial charge in [0.2, 0.25) is 5.91 Å². The van der Waals surface area contributed by atoms with Crippen molar-refractivity contribution in [2.75, 3.05) is 12.8 Å². The monoisotopic (exact) mass is 189 g/mol. The van der Waals surface area contributed by atoms with Crippen molar-refractivity contribution in [1.29, 1.82) is 0 Å². The molecule has 4 heteroatoms. The first-order valence-corrected chi connectivity index (χ1v) is 4.37. The predicted molar refractivity (Wildman–Crippen MR) is 54.8 cm³/mol. The van der Waals surface area contributed by atoms with E-state index in [1.807, 2.05) is 24.3 Å². The number of anilines is 1. The number of hydrogen-bond acceptors (Lipinski definition) is 3. The summed E-state index contributed by atoms with van der Waals surface area (Å²) in [6, 6.07) is 7.40. The fourth-order valence-corrected chi connectivity index (χ4v) is 1.41. The summed E-state index contributed by atoms with van der Waals surface area (Å²) < 4.78 is 0. The largest absolute Gasteiger partial charge is 0.399 e. The third kappa shape index (κ3) is 1.46. The van der Waals surface area contributed by atoms with Crippen LogP contribution in [0, 0.1) is 0 Å². The minimum atomic E-state index is 0.0161. The molecular weight excluding hydrogens is 178 g/mol. The number of hydrogen-bond donors (Lipinski definition) is 1. The molecule has 1 aliphatic rings. The van der Waals surface area contributed by atoms with Crippen LogP contribution in [0.1, 0.15) is 12.0 Å². The fourth-order valence-electron chi connectivity index (χ4n) is 1.41. The number of carbonyl (C=O) groups is 1. The molecular formula is C10H11N3O. The Kier molecular flexibility index (Phi) is 1.96. The van der Waals surface area contributed by atoms with E-state index in [1.165, 1.54) is 5.01 Å². The average molecular weight is 189 g/mol. The maximum Gasteiger partial charge on any atom is 0.248 e. The van der Waals surface area contributed by atoms with E-state index in [2.05, 4.69) is 5.10 Å². The number of rotatable bonds is 1. The van der Waals surface area contributed by atoms with Gasteiger partial charge in [-0.05, 0) is 12.1 Å². The molecule has 14 heavy (non-hydrogen) atoms. The van der Waals surface area contributed by atoms with Crippen molar-refractivity contribution in [3.05, 3.63) is 29.8 Å². The SMILES string of the molecule is CN1N=C(c2cccc(N)c2)CC1=O. The van der Waals surface area contributed by atoms with E-state index in [1.54, 1.807) is 7.05 Å². The number of benzene rings is 1. The maximum atomic E-state index is 11.2. The second-order valence-corrected chi connectivity index (χ2v) is 3.27. The van der Waals surface area contributed by atoms with Gasteiger partial charge >= 0.3 is 0 Å². The van der Waals surface area contributed by atoms with Gasteiger partial charge in [0.15, 0.2) is 0 Å². The van der Waals surface area contributed by atoms with Gasteiger partial charge in [0, 0.05) is 18.3 Å². The standard InChI is InChI=1S/C10H11N3O/c1-13-10(14)6-9(12-13)7-3-2-4-8(11)5-7/h2-5H,6,11H2,1H3. The molecule has 1 amide bonds. The summed E-state index contributed by atoms with van der Waals surface area (Å²) in [6.45, 7) is 0.